The topological polar surface area (TPSA) is 87.4 Å². The summed E-state index contributed by atoms with van der Waals surface area (Å²) in [4.78, 5) is 24.1. The van der Waals surface area contributed by atoms with Crippen molar-refractivity contribution in [3.63, 3.8) is 0 Å². The Bertz CT molecular complexity index is 1130. The van der Waals surface area contributed by atoms with E-state index in [2.05, 4.69) is 45.7 Å². The predicted octanol–water partition coefficient (Wildman–Crippen LogP) is 4.80. The predicted molar refractivity (Wildman–Crippen MR) is 120 cm³/mol. The number of piperazine rings is 1. The number of aromatic nitrogens is 3. The molecule has 8 nitrogen and oxygen atoms in total. The van der Waals surface area contributed by atoms with Gasteiger partial charge >= 0.3 is 18.1 Å². The molecule has 0 bridgehead atoms. The van der Waals surface area contributed by atoms with E-state index in [9.17, 15) is 18.0 Å². The maximum atomic E-state index is 12.6. The quantitative estimate of drug-likeness (QED) is 0.587. The molecule has 1 aromatic carbocycles. The lowest BCUT2D eigenvalue weighted by atomic mass is 9.87. The van der Waals surface area contributed by atoms with E-state index >= 15 is 0 Å². The minimum Gasteiger partial charge on any atom is -0.353 e. The van der Waals surface area contributed by atoms with E-state index in [0.29, 0.717) is 37.6 Å². The van der Waals surface area contributed by atoms with Crippen molar-refractivity contribution in [3.05, 3.63) is 54.0 Å². The van der Waals surface area contributed by atoms with Gasteiger partial charge in [-0.15, -0.1) is 0 Å². The van der Waals surface area contributed by atoms with Gasteiger partial charge in [0, 0.05) is 43.6 Å². The van der Waals surface area contributed by atoms with Crippen molar-refractivity contribution in [2.24, 2.45) is 0 Å². The Morgan fingerprint density at radius 1 is 1.00 bits per heavy atom. The Morgan fingerprint density at radius 3 is 2.21 bits per heavy atom. The van der Waals surface area contributed by atoms with Gasteiger partial charge < -0.3 is 19.6 Å². The van der Waals surface area contributed by atoms with E-state index in [1.54, 1.807) is 17.0 Å². The Kier molecular flexibility index (Phi) is 6.20. The standard InChI is InChI=1S/C23H25F3N6O2/c1-22(2,3)16-5-7-17(8-6-16)28-21(33)32-12-10-31(11-13-32)18-9-4-15(14-27-18)19-29-20(34-30-19)23(24,25)26/h4-9,14H,10-13H2,1-3H3,(H,28,33). The molecule has 0 atom stereocenters. The maximum Gasteiger partial charge on any atom is 0.471 e. The van der Waals surface area contributed by atoms with Crippen LogP contribution in [0.2, 0.25) is 0 Å². The summed E-state index contributed by atoms with van der Waals surface area (Å²) in [5, 5.41) is 6.30. The van der Waals surface area contributed by atoms with Crippen molar-refractivity contribution in [1.29, 1.82) is 0 Å². The molecule has 34 heavy (non-hydrogen) atoms. The van der Waals surface area contributed by atoms with E-state index in [4.69, 9.17) is 0 Å². The van der Waals surface area contributed by atoms with Crippen molar-refractivity contribution in [3.8, 4) is 11.4 Å². The fourth-order valence-corrected chi connectivity index (χ4v) is 3.56. The van der Waals surface area contributed by atoms with E-state index in [1.165, 1.54) is 11.8 Å². The number of halogens is 3. The first-order valence-electron chi connectivity index (χ1n) is 10.8. The summed E-state index contributed by atoms with van der Waals surface area (Å²) in [6, 6.07) is 11.0. The van der Waals surface area contributed by atoms with Gasteiger partial charge in [-0.1, -0.05) is 38.1 Å². The highest BCUT2D eigenvalue weighted by molar-refractivity contribution is 5.89. The average Bonchev–Trinajstić information content (AvgIpc) is 3.30. The maximum absolute atomic E-state index is 12.6. The fourth-order valence-electron chi connectivity index (χ4n) is 3.56. The molecule has 2 amide bonds. The molecule has 1 aliphatic rings. The minimum absolute atomic E-state index is 0.0443. The van der Waals surface area contributed by atoms with Gasteiger partial charge in [-0.25, -0.2) is 9.78 Å². The molecule has 1 fully saturated rings. The van der Waals surface area contributed by atoms with Crippen LogP contribution in [0.25, 0.3) is 11.4 Å². The molecule has 1 aliphatic heterocycles. The second-order valence-electron chi connectivity index (χ2n) is 9.06. The third kappa shape index (κ3) is 5.29. The molecule has 3 aromatic rings. The van der Waals surface area contributed by atoms with Crippen molar-refractivity contribution >= 4 is 17.5 Å². The van der Waals surface area contributed by atoms with Gasteiger partial charge in [0.25, 0.3) is 0 Å². The number of hydrogen-bond donors (Lipinski definition) is 1. The molecule has 1 saturated heterocycles. The van der Waals surface area contributed by atoms with Crippen LogP contribution < -0.4 is 10.2 Å². The van der Waals surface area contributed by atoms with Crippen LogP contribution in [0.15, 0.2) is 47.1 Å². The van der Waals surface area contributed by atoms with Gasteiger partial charge in [0.05, 0.1) is 0 Å². The number of amides is 2. The van der Waals surface area contributed by atoms with Gasteiger partial charge in [-0.05, 0) is 35.2 Å². The first-order valence-corrected chi connectivity index (χ1v) is 10.8. The van der Waals surface area contributed by atoms with E-state index in [1.807, 2.05) is 29.2 Å². The lowest BCUT2D eigenvalue weighted by Gasteiger charge is -2.35. The van der Waals surface area contributed by atoms with Crippen LogP contribution in [0, 0.1) is 0 Å². The number of benzene rings is 1. The summed E-state index contributed by atoms with van der Waals surface area (Å²) in [6.07, 6.45) is -3.29. The molecule has 4 rings (SSSR count). The molecule has 0 radical (unpaired) electrons. The summed E-state index contributed by atoms with van der Waals surface area (Å²) in [5.74, 6) is -0.921. The largest absolute Gasteiger partial charge is 0.471 e. The summed E-state index contributed by atoms with van der Waals surface area (Å²) in [7, 11) is 0. The molecule has 2 aromatic heterocycles. The molecule has 0 aliphatic carbocycles. The molecule has 11 heteroatoms. The lowest BCUT2D eigenvalue weighted by molar-refractivity contribution is -0.159. The minimum atomic E-state index is -4.69. The number of carbonyl (C=O) groups excluding carboxylic acids is 1. The molecular formula is C23H25F3N6O2. The number of hydrogen-bond acceptors (Lipinski definition) is 6. The molecule has 3 heterocycles. The summed E-state index contributed by atoms with van der Waals surface area (Å²) in [6.45, 7) is 8.57. The van der Waals surface area contributed by atoms with Crippen LogP contribution in [-0.2, 0) is 11.6 Å². The van der Waals surface area contributed by atoms with Crippen LogP contribution in [-0.4, -0.2) is 52.2 Å². The third-order valence-electron chi connectivity index (χ3n) is 5.57. The van der Waals surface area contributed by atoms with Gasteiger partial charge in [0.15, 0.2) is 0 Å². The number of rotatable bonds is 3. The molecule has 0 spiro atoms. The first kappa shape index (κ1) is 23.5. The van der Waals surface area contributed by atoms with Crippen molar-refractivity contribution in [2.75, 3.05) is 36.4 Å². The second-order valence-corrected chi connectivity index (χ2v) is 9.06. The Balaban J connectivity index is 1.32. The Morgan fingerprint density at radius 2 is 1.68 bits per heavy atom. The zero-order valence-electron chi connectivity index (χ0n) is 19.1. The highest BCUT2D eigenvalue weighted by Crippen LogP contribution is 2.29. The van der Waals surface area contributed by atoms with E-state index in [0.717, 1.165) is 5.69 Å². The monoisotopic (exact) mass is 474 g/mol. The molecule has 1 N–H and O–H groups in total. The number of urea groups is 1. The van der Waals surface area contributed by atoms with Crippen LogP contribution in [0.3, 0.4) is 0 Å². The average molecular weight is 474 g/mol. The zero-order chi connectivity index (χ0) is 24.5. The molecule has 0 unspecified atom stereocenters. The Labute approximate surface area is 194 Å². The molecule has 0 saturated carbocycles. The smallest absolute Gasteiger partial charge is 0.353 e. The zero-order valence-corrected chi connectivity index (χ0v) is 19.1. The number of anilines is 2. The van der Waals surface area contributed by atoms with Crippen LogP contribution in [0.4, 0.5) is 29.5 Å². The summed E-state index contributed by atoms with van der Waals surface area (Å²) in [5.41, 5.74) is 2.30. The third-order valence-corrected chi connectivity index (χ3v) is 5.57. The number of nitrogens with zero attached hydrogens (tertiary/aromatic N) is 5. The van der Waals surface area contributed by atoms with Gasteiger partial charge in [-0.2, -0.15) is 18.2 Å². The molecular weight excluding hydrogens is 449 g/mol. The number of alkyl halides is 3. The second kappa shape index (κ2) is 8.96. The number of carbonyl (C=O) groups is 1. The van der Waals surface area contributed by atoms with Crippen molar-refractivity contribution < 1.29 is 22.5 Å². The van der Waals surface area contributed by atoms with Crippen molar-refractivity contribution in [2.45, 2.75) is 32.4 Å². The Hall–Kier alpha value is -3.63. The van der Waals surface area contributed by atoms with Gasteiger partial charge in [0.1, 0.15) is 5.82 Å². The fraction of sp³-hybridized carbons (Fsp3) is 0.391. The summed E-state index contributed by atoms with van der Waals surface area (Å²) >= 11 is 0. The van der Waals surface area contributed by atoms with Crippen molar-refractivity contribution in [1.82, 2.24) is 20.0 Å². The number of pyridine rings is 1. The van der Waals surface area contributed by atoms with Crippen LogP contribution in [0.1, 0.15) is 32.2 Å². The molecule has 180 valence electrons. The normalized spacial score (nSPS) is 14.9. The van der Waals surface area contributed by atoms with Crippen LogP contribution >= 0.6 is 0 Å². The summed E-state index contributed by atoms with van der Waals surface area (Å²) < 4.78 is 42.2. The van der Waals surface area contributed by atoms with Crippen LogP contribution in [0.5, 0.6) is 0 Å². The van der Waals surface area contributed by atoms with Gasteiger partial charge in [0.2, 0.25) is 5.82 Å². The van der Waals surface area contributed by atoms with E-state index in [-0.39, 0.29) is 17.3 Å². The first-order chi connectivity index (χ1) is 16.0. The highest BCUT2D eigenvalue weighted by atomic mass is 19.4. The number of nitrogens with one attached hydrogen (secondary N) is 1. The SMILES string of the molecule is CC(C)(C)c1ccc(NC(=O)N2CCN(c3ccc(-c4noc(C(F)(F)F)n4)cn3)CC2)cc1. The lowest BCUT2D eigenvalue weighted by Crippen LogP contribution is -2.50. The highest BCUT2D eigenvalue weighted by Gasteiger charge is 2.38. The van der Waals surface area contributed by atoms with Gasteiger partial charge in [-0.3, -0.25) is 0 Å². The van der Waals surface area contributed by atoms with E-state index < -0.39 is 12.1 Å².